The molecule has 0 bridgehead atoms. The van der Waals surface area contributed by atoms with Crippen LogP contribution >= 0.6 is 26.2 Å². The van der Waals surface area contributed by atoms with Gasteiger partial charge >= 0.3 is 0 Å². The second-order valence-corrected chi connectivity index (χ2v) is 11.5. The van der Waals surface area contributed by atoms with Crippen molar-refractivity contribution in [1.82, 2.24) is 0 Å². The van der Waals surface area contributed by atoms with Crippen LogP contribution in [0.15, 0.2) is 24.3 Å². The zero-order valence-corrected chi connectivity index (χ0v) is 25.5. The van der Waals surface area contributed by atoms with E-state index >= 15 is 0 Å². The molecule has 0 aliphatic heterocycles. The SMILES string of the molecule is Br.CCCCCCCCc1ccccc1C(P)(CCCCCCCC)CCCCCCCC. The van der Waals surface area contributed by atoms with Crippen molar-refractivity contribution in [3.63, 3.8) is 0 Å². The van der Waals surface area contributed by atoms with Crippen LogP contribution in [0.1, 0.15) is 160 Å². The van der Waals surface area contributed by atoms with Gasteiger partial charge in [0.15, 0.2) is 0 Å². The molecule has 1 aromatic rings. The van der Waals surface area contributed by atoms with Crippen molar-refractivity contribution < 1.29 is 0 Å². The number of halogens is 1. The summed E-state index contributed by atoms with van der Waals surface area (Å²) in [6.07, 6.45) is 29.1. The summed E-state index contributed by atoms with van der Waals surface area (Å²) in [5.74, 6) is 0. The largest absolute Gasteiger partial charge is 0.126 e. The van der Waals surface area contributed by atoms with Gasteiger partial charge in [-0.3, -0.25) is 0 Å². The van der Waals surface area contributed by atoms with Crippen molar-refractivity contribution in [2.45, 2.75) is 161 Å². The van der Waals surface area contributed by atoms with Crippen LogP contribution < -0.4 is 0 Å². The molecular weight excluding hydrogens is 483 g/mol. The summed E-state index contributed by atoms with van der Waals surface area (Å²) in [6.45, 7) is 6.94. The Morgan fingerprint density at radius 3 is 1.42 bits per heavy atom. The molecule has 0 radical (unpaired) electrons. The predicted octanol–water partition coefficient (Wildman–Crippen LogP) is 11.7. The Morgan fingerprint density at radius 1 is 0.545 bits per heavy atom. The minimum Gasteiger partial charge on any atom is -0.126 e. The average molecular weight is 542 g/mol. The van der Waals surface area contributed by atoms with Crippen LogP contribution in [-0.2, 0) is 11.6 Å². The first-order valence-corrected chi connectivity index (χ1v) is 15.1. The Morgan fingerprint density at radius 2 is 0.939 bits per heavy atom. The maximum absolute atomic E-state index is 3.38. The molecule has 194 valence electrons. The van der Waals surface area contributed by atoms with E-state index in [4.69, 9.17) is 0 Å². The molecule has 0 saturated carbocycles. The molecular formula is C31H58BrP. The Kier molecular flexibility index (Phi) is 22.7. The number of hydrogen-bond acceptors (Lipinski definition) is 0. The molecule has 1 unspecified atom stereocenters. The van der Waals surface area contributed by atoms with Crippen LogP contribution in [-0.4, -0.2) is 0 Å². The van der Waals surface area contributed by atoms with Crippen LogP contribution in [0.5, 0.6) is 0 Å². The van der Waals surface area contributed by atoms with Crippen molar-refractivity contribution >= 4 is 26.2 Å². The lowest BCUT2D eigenvalue weighted by Crippen LogP contribution is -2.20. The molecule has 0 aliphatic rings. The van der Waals surface area contributed by atoms with Crippen LogP contribution in [0.2, 0.25) is 0 Å². The van der Waals surface area contributed by atoms with Gasteiger partial charge in [0.25, 0.3) is 0 Å². The molecule has 1 rings (SSSR count). The summed E-state index contributed by atoms with van der Waals surface area (Å²) in [7, 11) is 3.38. The molecule has 0 amide bonds. The molecule has 0 aliphatic carbocycles. The van der Waals surface area contributed by atoms with Gasteiger partial charge in [-0.2, -0.15) is 0 Å². The summed E-state index contributed by atoms with van der Waals surface area (Å²) in [6, 6.07) is 9.47. The molecule has 33 heavy (non-hydrogen) atoms. The first-order chi connectivity index (χ1) is 15.7. The maximum Gasteiger partial charge on any atom is 0.0100 e. The highest BCUT2D eigenvalue weighted by molar-refractivity contribution is 8.93. The van der Waals surface area contributed by atoms with E-state index in [1.54, 1.807) is 11.1 Å². The second-order valence-electron chi connectivity index (χ2n) is 10.4. The third kappa shape index (κ3) is 15.7. The van der Waals surface area contributed by atoms with Crippen molar-refractivity contribution in [3.8, 4) is 0 Å². The normalized spacial score (nSPS) is 11.5. The quantitative estimate of drug-likeness (QED) is 0.101. The minimum absolute atomic E-state index is 0. The zero-order valence-electron chi connectivity index (χ0n) is 22.6. The lowest BCUT2D eigenvalue weighted by molar-refractivity contribution is 0.449. The van der Waals surface area contributed by atoms with Gasteiger partial charge in [-0.25, -0.2) is 0 Å². The third-order valence-electron chi connectivity index (χ3n) is 7.31. The monoisotopic (exact) mass is 540 g/mol. The molecule has 0 spiro atoms. The van der Waals surface area contributed by atoms with Gasteiger partial charge in [0, 0.05) is 5.16 Å². The van der Waals surface area contributed by atoms with Crippen molar-refractivity contribution in [1.29, 1.82) is 0 Å². The van der Waals surface area contributed by atoms with Crippen LogP contribution in [0.3, 0.4) is 0 Å². The molecule has 0 fully saturated rings. The Bertz CT molecular complexity index is 525. The standard InChI is InChI=1S/C31H57P.BrH/c1-4-7-10-13-16-19-24-29-25-20-21-26-30(29)31(32,27-22-17-14-11-8-5-2)28-23-18-15-12-9-6-3;/h20-21,25-26H,4-19,22-24,27-28,32H2,1-3H3;1H. The van der Waals surface area contributed by atoms with E-state index in [1.165, 1.54) is 135 Å². The van der Waals surface area contributed by atoms with Gasteiger partial charge in [0.2, 0.25) is 0 Å². The van der Waals surface area contributed by atoms with E-state index in [-0.39, 0.29) is 22.1 Å². The highest BCUT2D eigenvalue weighted by atomic mass is 79.9. The number of rotatable bonds is 22. The zero-order chi connectivity index (χ0) is 23.3. The van der Waals surface area contributed by atoms with E-state index in [9.17, 15) is 0 Å². The highest BCUT2D eigenvalue weighted by Crippen LogP contribution is 2.43. The Labute approximate surface area is 221 Å². The Balaban J connectivity index is 0.0000102. The van der Waals surface area contributed by atoms with Gasteiger partial charge in [-0.1, -0.05) is 154 Å². The van der Waals surface area contributed by atoms with Crippen molar-refractivity contribution in [2.75, 3.05) is 0 Å². The fraction of sp³-hybridized carbons (Fsp3) is 0.806. The lowest BCUT2D eigenvalue weighted by Gasteiger charge is -2.33. The van der Waals surface area contributed by atoms with Gasteiger partial charge in [0.1, 0.15) is 0 Å². The summed E-state index contributed by atoms with van der Waals surface area (Å²) >= 11 is 0. The number of unbranched alkanes of at least 4 members (excludes halogenated alkanes) is 15. The molecule has 0 saturated heterocycles. The number of hydrogen-bond donors (Lipinski definition) is 0. The summed E-state index contributed by atoms with van der Waals surface area (Å²) in [4.78, 5) is 0. The molecule has 2 heteroatoms. The van der Waals surface area contributed by atoms with Crippen LogP contribution in [0, 0.1) is 0 Å². The van der Waals surface area contributed by atoms with E-state index in [0.29, 0.717) is 0 Å². The molecule has 0 heterocycles. The fourth-order valence-corrected chi connectivity index (χ4v) is 5.85. The van der Waals surface area contributed by atoms with Gasteiger partial charge in [0.05, 0.1) is 0 Å². The first-order valence-electron chi connectivity index (χ1n) is 14.5. The first kappa shape index (κ1) is 33.1. The smallest absolute Gasteiger partial charge is 0.0100 e. The average Bonchev–Trinajstić information content (AvgIpc) is 2.81. The third-order valence-corrected chi connectivity index (χ3v) is 8.19. The molecule has 0 N–H and O–H groups in total. The number of benzene rings is 1. The van der Waals surface area contributed by atoms with E-state index < -0.39 is 0 Å². The van der Waals surface area contributed by atoms with E-state index in [2.05, 4.69) is 54.3 Å². The second kappa shape index (κ2) is 22.6. The fourth-order valence-electron chi connectivity index (χ4n) is 5.16. The summed E-state index contributed by atoms with van der Waals surface area (Å²) in [5.41, 5.74) is 3.29. The van der Waals surface area contributed by atoms with Gasteiger partial charge in [-0.05, 0) is 36.8 Å². The van der Waals surface area contributed by atoms with Crippen molar-refractivity contribution in [2.24, 2.45) is 0 Å². The summed E-state index contributed by atoms with van der Waals surface area (Å²) in [5, 5.41) is 0.286. The minimum atomic E-state index is 0. The summed E-state index contributed by atoms with van der Waals surface area (Å²) < 4.78 is 0. The van der Waals surface area contributed by atoms with Crippen LogP contribution in [0.4, 0.5) is 0 Å². The molecule has 1 aromatic carbocycles. The van der Waals surface area contributed by atoms with E-state index in [1.807, 2.05) is 0 Å². The number of aryl methyl sites for hydroxylation is 1. The highest BCUT2D eigenvalue weighted by Gasteiger charge is 2.28. The van der Waals surface area contributed by atoms with E-state index in [0.717, 1.165) is 0 Å². The molecule has 1 atom stereocenters. The van der Waals surface area contributed by atoms with Gasteiger partial charge < -0.3 is 0 Å². The topological polar surface area (TPSA) is 0 Å². The van der Waals surface area contributed by atoms with Crippen LogP contribution in [0.25, 0.3) is 0 Å². The molecule has 0 nitrogen and oxygen atoms in total. The van der Waals surface area contributed by atoms with Gasteiger partial charge in [-0.15, -0.1) is 26.2 Å². The molecule has 0 aromatic heterocycles. The lowest BCUT2D eigenvalue weighted by atomic mass is 9.83. The maximum atomic E-state index is 3.38. The van der Waals surface area contributed by atoms with Crippen molar-refractivity contribution in [3.05, 3.63) is 35.4 Å². The Hall–Kier alpha value is 0.130. The predicted molar refractivity (Wildman–Crippen MR) is 161 cm³/mol.